The van der Waals surface area contributed by atoms with Crippen LogP contribution < -0.4 is 4.74 Å². The third-order valence-electron chi connectivity index (χ3n) is 2.80. The van der Waals surface area contributed by atoms with Gasteiger partial charge in [0, 0.05) is 6.92 Å². The molecule has 0 aliphatic heterocycles. The Balaban J connectivity index is 3.00. The largest absolute Gasteiger partial charge is 0.493 e. The number of para-hydroxylation sites is 1. The fraction of sp³-hybridized carbons (Fsp3) is 0.400. The van der Waals surface area contributed by atoms with Gasteiger partial charge in [0.25, 0.3) is 5.91 Å². The summed E-state index contributed by atoms with van der Waals surface area (Å²) in [5.74, 6) is -3.01. The minimum absolute atomic E-state index is 0.0503. The van der Waals surface area contributed by atoms with Crippen molar-refractivity contribution in [2.24, 2.45) is 0 Å². The molecule has 0 aromatic heterocycles. The van der Waals surface area contributed by atoms with Gasteiger partial charge >= 0.3 is 11.9 Å². The molecule has 1 atom stereocenters. The average Bonchev–Trinajstić information content (AvgIpc) is 2.52. The number of hydrogen-bond acceptors (Lipinski definition) is 6. The molecular weight excluding hydrogens is 306 g/mol. The summed E-state index contributed by atoms with van der Waals surface area (Å²) in [6.45, 7) is 2.42. The summed E-state index contributed by atoms with van der Waals surface area (Å²) < 4.78 is 5.41. The molecule has 2 N–H and O–H groups in total. The third kappa shape index (κ3) is 4.96. The van der Waals surface area contributed by atoms with Crippen molar-refractivity contribution in [1.82, 2.24) is 5.06 Å². The summed E-state index contributed by atoms with van der Waals surface area (Å²) in [6, 6.07) is 4.55. The Morgan fingerprint density at radius 1 is 1.26 bits per heavy atom. The number of carbonyl (C=O) groups is 3. The lowest BCUT2D eigenvalue weighted by molar-refractivity contribution is -0.188. The van der Waals surface area contributed by atoms with E-state index in [2.05, 4.69) is 0 Å². The van der Waals surface area contributed by atoms with Gasteiger partial charge < -0.3 is 19.8 Å². The van der Waals surface area contributed by atoms with Gasteiger partial charge in [-0.3, -0.25) is 4.79 Å². The van der Waals surface area contributed by atoms with Crippen molar-refractivity contribution >= 4 is 17.8 Å². The van der Waals surface area contributed by atoms with Gasteiger partial charge in [-0.1, -0.05) is 19.1 Å². The number of hydroxylamine groups is 2. The first-order valence-electron chi connectivity index (χ1n) is 6.99. The van der Waals surface area contributed by atoms with Crippen LogP contribution in [0.3, 0.4) is 0 Å². The number of rotatable bonds is 7. The van der Waals surface area contributed by atoms with Crippen LogP contribution in [0.15, 0.2) is 24.3 Å². The highest BCUT2D eigenvalue weighted by atomic mass is 16.7. The predicted octanol–water partition coefficient (Wildman–Crippen LogP) is 0.841. The third-order valence-corrected chi connectivity index (χ3v) is 2.80. The van der Waals surface area contributed by atoms with E-state index in [-0.39, 0.29) is 11.3 Å². The molecule has 0 heterocycles. The molecule has 0 fully saturated rings. The number of aliphatic hydroxyl groups excluding tert-OH is 1. The fourth-order valence-corrected chi connectivity index (χ4v) is 1.71. The van der Waals surface area contributed by atoms with Gasteiger partial charge in [-0.05, 0) is 18.6 Å². The number of ether oxygens (including phenoxy) is 1. The van der Waals surface area contributed by atoms with E-state index >= 15 is 0 Å². The molecule has 0 aliphatic rings. The maximum atomic E-state index is 12.2. The molecule has 0 bridgehead atoms. The zero-order valence-corrected chi connectivity index (χ0v) is 12.9. The molecule has 0 unspecified atom stereocenters. The predicted molar refractivity (Wildman–Crippen MR) is 78.7 cm³/mol. The first kappa shape index (κ1) is 18.4. The second kappa shape index (κ2) is 8.74. The summed E-state index contributed by atoms with van der Waals surface area (Å²) in [7, 11) is 0. The Labute approximate surface area is 133 Å². The van der Waals surface area contributed by atoms with Gasteiger partial charge in [0.05, 0.1) is 13.2 Å². The van der Waals surface area contributed by atoms with E-state index in [1.54, 1.807) is 18.2 Å². The Bertz CT molecular complexity index is 573. The highest BCUT2D eigenvalue weighted by Crippen LogP contribution is 2.20. The lowest BCUT2D eigenvalue weighted by Gasteiger charge is -2.24. The van der Waals surface area contributed by atoms with Crippen molar-refractivity contribution in [2.75, 3.05) is 13.2 Å². The molecule has 0 saturated heterocycles. The number of carboxylic acid groups (broad SMARTS) is 1. The molecule has 23 heavy (non-hydrogen) atoms. The zero-order chi connectivity index (χ0) is 17.4. The highest BCUT2D eigenvalue weighted by molar-refractivity contribution is 5.93. The lowest BCUT2D eigenvalue weighted by Crippen LogP contribution is -2.47. The highest BCUT2D eigenvalue weighted by Gasteiger charge is 2.31. The summed E-state index contributed by atoms with van der Waals surface area (Å²) in [4.78, 5) is 39.6. The molecule has 0 saturated carbocycles. The molecule has 1 rings (SSSR count). The number of benzene rings is 1. The summed E-state index contributed by atoms with van der Waals surface area (Å²) in [5.41, 5.74) is 0.0503. The molecule has 1 amide bonds. The van der Waals surface area contributed by atoms with Gasteiger partial charge in [0.15, 0.2) is 6.04 Å². The molecule has 8 nitrogen and oxygen atoms in total. The normalized spacial score (nSPS) is 11.4. The van der Waals surface area contributed by atoms with Crippen LogP contribution in [0.1, 0.15) is 30.6 Å². The van der Waals surface area contributed by atoms with Gasteiger partial charge in [-0.25, -0.2) is 9.59 Å². The van der Waals surface area contributed by atoms with Crippen LogP contribution >= 0.6 is 0 Å². The summed E-state index contributed by atoms with van der Waals surface area (Å²) in [5, 5.41) is 18.4. The molecule has 0 aliphatic carbocycles. The van der Waals surface area contributed by atoms with Crippen molar-refractivity contribution in [3.05, 3.63) is 29.8 Å². The van der Waals surface area contributed by atoms with Crippen molar-refractivity contribution in [3.63, 3.8) is 0 Å². The summed E-state index contributed by atoms with van der Waals surface area (Å²) in [6.07, 6.45) is 0.731. The van der Waals surface area contributed by atoms with E-state index in [4.69, 9.17) is 19.8 Å². The summed E-state index contributed by atoms with van der Waals surface area (Å²) >= 11 is 0. The molecular formula is C15H19NO7. The quantitative estimate of drug-likeness (QED) is 0.714. The number of hydrogen-bond donors (Lipinski definition) is 2. The van der Waals surface area contributed by atoms with E-state index in [0.29, 0.717) is 11.7 Å². The first-order chi connectivity index (χ1) is 10.9. The van der Waals surface area contributed by atoms with Crippen molar-refractivity contribution in [2.45, 2.75) is 26.3 Å². The number of amides is 1. The van der Waals surface area contributed by atoms with Gasteiger partial charge in [-0.2, -0.15) is 5.06 Å². The molecule has 1 aromatic rings. The van der Waals surface area contributed by atoms with Gasteiger partial charge in [-0.15, -0.1) is 0 Å². The molecule has 1 aromatic carbocycles. The smallest absolute Gasteiger partial charge is 0.367 e. The van der Waals surface area contributed by atoms with E-state index < -0.39 is 30.5 Å². The van der Waals surface area contributed by atoms with E-state index in [9.17, 15) is 14.4 Å². The van der Waals surface area contributed by atoms with Crippen molar-refractivity contribution in [3.8, 4) is 5.75 Å². The molecule has 8 heteroatoms. The SMILES string of the molecule is CCCOc1ccccc1C(=O)ON(C(C)=O)[C@@H](CO)C(=O)O. The Morgan fingerprint density at radius 3 is 2.43 bits per heavy atom. The number of aliphatic carboxylic acids is 1. The topological polar surface area (TPSA) is 113 Å². The number of carboxylic acids is 1. The van der Waals surface area contributed by atoms with Crippen LogP contribution in [0.2, 0.25) is 0 Å². The minimum Gasteiger partial charge on any atom is -0.493 e. The monoisotopic (exact) mass is 325 g/mol. The average molecular weight is 325 g/mol. The van der Waals surface area contributed by atoms with Crippen LogP contribution in [-0.2, 0) is 14.4 Å². The molecule has 126 valence electrons. The maximum absolute atomic E-state index is 12.2. The second-order valence-electron chi connectivity index (χ2n) is 4.60. The first-order valence-corrected chi connectivity index (χ1v) is 6.99. The van der Waals surface area contributed by atoms with Crippen LogP contribution in [0.25, 0.3) is 0 Å². The molecule has 0 spiro atoms. The van der Waals surface area contributed by atoms with Crippen LogP contribution in [0.5, 0.6) is 5.75 Å². The van der Waals surface area contributed by atoms with E-state index in [1.807, 2.05) is 6.92 Å². The van der Waals surface area contributed by atoms with Gasteiger partial charge in [0.2, 0.25) is 0 Å². The van der Waals surface area contributed by atoms with Crippen LogP contribution in [0, 0.1) is 0 Å². The molecule has 0 radical (unpaired) electrons. The van der Waals surface area contributed by atoms with Crippen molar-refractivity contribution in [1.29, 1.82) is 0 Å². The number of nitrogens with zero attached hydrogens (tertiary/aromatic N) is 1. The lowest BCUT2D eigenvalue weighted by atomic mass is 10.2. The van der Waals surface area contributed by atoms with E-state index in [1.165, 1.54) is 6.07 Å². The fourth-order valence-electron chi connectivity index (χ4n) is 1.71. The number of aliphatic hydroxyl groups is 1. The standard InChI is InChI=1S/C15H19NO7/c1-3-8-22-13-7-5-4-6-11(13)15(21)23-16(10(2)18)12(9-17)14(19)20/h4-7,12,17H,3,8-9H2,1-2H3,(H,19,20)/t12-/m0/s1. The Morgan fingerprint density at radius 2 is 1.91 bits per heavy atom. The van der Waals surface area contributed by atoms with Crippen LogP contribution in [-0.4, -0.2) is 52.4 Å². The maximum Gasteiger partial charge on any atom is 0.367 e. The van der Waals surface area contributed by atoms with Crippen molar-refractivity contribution < 1.29 is 34.2 Å². The van der Waals surface area contributed by atoms with Gasteiger partial charge in [0.1, 0.15) is 11.3 Å². The number of carbonyl (C=O) groups excluding carboxylic acids is 2. The zero-order valence-electron chi connectivity index (χ0n) is 12.9. The second-order valence-corrected chi connectivity index (χ2v) is 4.60. The van der Waals surface area contributed by atoms with E-state index in [0.717, 1.165) is 13.3 Å². The Hall–Kier alpha value is -2.61. The van der Waals surface area contributed by atoms with Crippen LogP contribution in [0.4, 0.5) is 0 Å². The Kier molecular flexibility index (Phi) is 7.01. The minimum atomic E-state index is -1.68.